The highest BCUT2D eigenvalue weighted by Gasteiger charge is 2.29. The number of nitrogens with one attached hydrogen (secondary N) is 1. The van der Waals surface area contributed by atoms with Gasteiger partial charge in [0, 0.05) is 19.0 Å². The lowest BCUT2D eigenvalue weighted by molar-refractivity contribution is -0.120. The normalized spacial score (nSPS) is 16.7. The summed E-state index contributed by atoms with van der Waals surface area (Å²) in [7, 11) is 1.95. The van der Waals surface area contributed by atoms with E-state index in [2.05, 4.69) is 36.5 Å². The van der Waals surface area contributed by atoms with Gasteiger partial charge in [-0.2, -0.15) is 0 Å². The van der Waals surface area contributed by atoms with Crippen LogP contribution in [0, 0.1) is 0 Å². The van der Waals surface area contributed by atoms with E-state index in [9.17, 15) is 9.59 Å². The Bertz CT molecular complexity index is 817. The molecule has 0 fully saturated rings. The summed E-state index contributed by atoms with van der Waals surface area (Å²) >= 11 is 0. The maximum atomic E-state index is 13.1. The Labute approximate surface area is 161 Å². The fourth-order valence-electron chi connectivity index (χ4n) is 3.52. The monoisotopic (exact) mass is 365 g/mol. The van der Waals surface area contributed by atoms with Crippen LogP contribution in [0.15, 0.2) is 48.5 Å². The summed E-state index contributed by atoms with van der Waals surface area (Å²) in [6.07, 6.45) is 1.32. The first kappa shape index (κ1) is 19.1. The molecule has 3 rings (SSSR count). The predicted octanol–water partition coefficient (Wildman–Crippen LogP) is 3.44. The van der Waals surface area contributed by atoms with Crippen LogP contribution >= 0.6 is 0 Å². The van der Waals surface area contributed by atoms with Gasteiger partial charge in [-0.25, -0.2) is 0 Å². The number of hydrogen-bond donors (Lipinski definition) is 1. The van der Waals surface area contributed by atoms with Gasteiger partial charge in [-0.15, -0.1) is 0 Å². The average molecular weight is 365 g/mol. The number of nitrogens with zero attached hydrogens (tertiary/aromatic N) is 2. The van der Waals surface area contributed by atoms with Crippen molar-refractivity contribution in [3.63, 3.8) is 0 Å². The van der Waals surface area contributed by atoms with E-state index in [-0.39, 0.29) is 17.9 Å². The Hall–Kier alpha value is -2.66. The zero-order valence-electron chi connectivity index (χ0n) is 16.2. The molecule has 2 aromatic rings. The van der Waals surface area contributed by atoms with Gasteiger partial charge in [0.05, 0.1) is 17.9 Å². The molecule has 142 valence electrons. The summed E-state index contributed by atoms with van der Waals surface area (Å²) in [6, 6.07) is 15.8. The minimum Gasteiger partial charge on any atom is -0.324 e. The fourth-order valence-corrected chi connectivity index (χ4v) is 3.52. The van der Waals surface area contributed by atoms with E-state index >= 15 is 0 Å². The van der Waals surface area contributed by atoms with E-state index in [4.69, 9.17) is 0 Å². The second-order valence-electron chi connectivity index (χ2n) is 7.22. The highest BCUT2D eigenvalue weighted by atomic mass is 16.2. The second kappa shape index (κ2) is 8.35. The predicted molar refractivity (Wildman–Crippen MR) is 109 cm³/mol. The van der Waals surface area contributed by atoms with E-state index in [0.717, 1.165) is 12.1 Å². The van der Waals surface area contributed by atoms with Gasteiger partial charge < -0.3 is 10.2 Å². The lowest BCUT2D eigenvalue weighted by Crippen LogP contribution is -2.44. The number of carbonyl (C=O) groups is 2. The molecular weight excluding hydrogens is 338 g/mol. The Balaban J connectivity index is 1.73. The molecule has 0 unspecified atom stereocenters. The van der Waals surface area contributed by atoms with Gasteiger partial charge in [0.25, 0.3) is 0 Å². The zero-order valence-corrected chi connectivity index (χ0v) is 16.2. The van der Waals surface area contributed by atoms with Gasteiger partial charge in [0.1, 0.15) is 0 Å². The molecular formula is C22H27N3O2. The molecule has 0 saturated carbocycles. The van der Waals surface area contributed by atoms with Gasteiger partial charge in [0.2, 0.25) is 11.8 Å². The standard InChI is InChI=1S/C22H27N3O2/c1-4-17-9-11-18(12-10-17)14-24(3)15-22(27)25-16(2)13-21(26)23-19-7-5-6-8-20(19)25/h5-12,16H,4,13-15H2,1-3H3,(H,23,26)/t16-/m0/s1. The Morgan fingerprint density at radius 1 is 1.15 bits per heavy atom. The molecule has 5 nitrogen and oxygen atoms in total. The summed E-state index contributed by atoms with van der Waals surface area (Å²) in [5, 5.41) is 2.90. The van der Waals surface area contributed by atoms with Crippen molar-refractivity contribution in [2.45, 2.75) is 39.3 Å². The van der Waals surface area contributed by atoms with Crippen LogP contribution in [0.3, 0.4) is 0 Å². The van der Waals surface area contributed by atoms with Crippen LogP contribution in [0.5, 0.6) is 0 Å². The first-order valence-corrected chi connectivity index (χ1v) is 9.45. The molecule has 0 spiro atoms. The summed E-state index contributed by atoms with van der Waals surface area (Å²) in [6.45, 7) is 5.06. The van der Waals surface area contributed by atoms with Crippen LogP contribution in [0.2, 0.25) is 0 Å². The third-order valence-corrected chi connectivity index (χ3v) is 4.92. The van der Waals surface area contributed by atoms with Gasteiger partial charge in [-0.05, 0) is 43.7 Å². The van der Waals surface area contributed by atoms with Crippen LogP contribution in [0.1, 0.15) is 31.4 Å². The summed E-state index contributed by atoms with van der Waals surface area (Å²) < 4.78 is 0. The van der Waals surface area contributed by atoms with Crippen LogP contribution < -0.4 is 10.2 Å². The lowest BCUT2D eigenvalue weighted by Gasteiger charge is -2.29. The highest BCUT2D eigenvalue weighted by molar-refractivity contribution is 6.04. The first-order valence-electron chi connectivity index (χ1n) is 9.45. The van der Waals surface area contributed by atoms with Crippen molar-refractivity contribution in [1.29, 1.82) is 0 Å². The summed E-state index contributed by atoms with van der Waals surface area (Å²) in [5.74, 6) is -0.0613. The number of amides is 2. The van der Waals surface area contributed by atoms with Crippen molar-refractivity contribution >= 4 is 23.2 Å². The molecule has 0 bridgehead atoms. The number of carbonyl (C=O) groups excluding carboxylic acids is 2. The van der Waals surface area contributed by atoms with Gasteiger partial charge >= 0.3 is 0 Å². The quantitative estimate of drug-likeness (QED) is 0.883. The molecule has 1 aliphatic rings. The van der Waals surface area contributed by atoms with Crippen molar-refractivity contribution in [2.75, 3.05) is 23.8 Å². The van der Waals surface area contributed by atoms with Crippen molar-refractivity contribution in [1.82, 2.24) is 4.90 Å². The van der Waals surface area contributed by atoms with Crippen molar-refractivity contribution in [2.24, 2.45) is 0 Å². The van der Waals surface area contributed by atoms with Gasteiger partial charge in [-0.1, -0.05) is 43.3 Å². The van der Waals surface area contributed by atoms with E-state index in [1.165, 1.54) is 11.1 Å². The third-order valence-electron chi connectivity index (χ3n) is 4.92. The molecule has 2 amide bonds. The van der Waals surface area contributed by atoms with Crippen LogP contribution in [0.4, 0.5) is 11.4 Å². The SMILES string of the molecule is CCc1ccc(CN(C)CC(=O)N2c3ccccc3NC(=O)C[C@@H]2C)cc1. The molecule has 0 aliphatic carbocycles. The van der Waals surface area contributed by atoms with E-state index < -0.39 is 0 Å². The topological polar surface area (TPSA) is 52.7 Å². The Morgan fingerprint density at radius 3 is 2.52 bits per heavy atom. The molecule has 2 aromatic carbocycles. The number of hydrogen-bond acceptors (Lipinski definition) is 3. The van der Waals surface area contributed by atoms with Crippen LogP contribution in [-0.4, -0.2) is 36.3 Å². The minimum absolute atomic E-state index is 0.000807. The van der Waals surface area contributed by atoms with Gasteiger partial charge in [0.15, 0.2) is 0 Å². The molecule has 1 atom stereocenters. The minimum atomic E-state index is -0.182. The van der Waals surface area contributed by atoms with Crippen molar-refractivity contribution < 1.29 is 9.59 Å². The molecule has 1 heterocycles. The lowest BCUT2D eigenvalue weighted by atomic mass is 10.1. The third kappa shape index (κ3) is 4.55. The number of rotatable bonds is 5. The average Bonchev–Trinajstić information content (AvgIpc) is 2.76. The molecule has 27 heavy (non-hydrogen) atoms. The molecule has 1 N–H and O–H groups in total. The maximum Gasteiger partial charge on any atom is 0.241 e. The number of para-hydroxylation sites is 2. The number of likely N-dealkylation sites (N-methyl/N-ethyl adjacent to an activating group) is 1. The number of fused-ring (bicyclic) bond motifs is 1. The Morgan fingerprint density at radius 2 is 1.81 bits per heavy atom. The fraction of sp³-hybridized carbons (Fsp3) is 0.364. The van der Waals surface area contributed by atoms with Crippen LogP contribution in [0.25, 0.3) is 0 Å². The second-order valence-corrected chi connectivity index (χ2v) is 7.22. The van der Waals surface area contributed by atoms with E-state index in [1.807, 2.05) is 43.1 Å². The molecule has 1 aliphatic heterocycles. The zero-order chi connectivity index (χ0) is 19.4. The largest absolute Gasteiger partial charge is 0.324 e. The molecule has 0 aromatic heterocycles. The smallest absolute Gasteiger partial charge is 0.241 e. The van der Waals surface area contributed by atoms with Crippen molar-refractivity contribution in [3.05, 3.63) is 59.7 Å². The van der Waals surface area contributed by atoms with Crippen LogP contribution in [-0.2, 0) is 22.6 Å². The molecule has 0 saturated heterocycles. The van der Waals surface area contributed by atoms with E-state index in [0.29, 0.717) is 25.2 Å². The Kier molecular flexibility index (Phi) is 5.91. The number of anilines is 2. The van der Waals surface area contributed by atoms with E-state index in [1.54, 1.807) is 4.90 Å². The number of aryl methyl sites for hydroxylation is 1. The first-order chi connectivity index (χ1) is 13.0. The highest BCUT2D eigenvalue weighted by Crippen LogP contribution is 2.31. The maximum absolute atomic E-state index is 13.1. The summed E-state index contributed by atoms with van der Waals surface area (Å²) in [4.78, 5) is 28.9. The van der Waals surface area contributed by atoms with Crippen molar-refractivity contribution in [3.8, 4) is 0 Å². The summed E-state index contributed by atoms with van der Waals surface area (Å²) in [5.41, 5.74) is 3.95. The molecule has 5 heteroatoms. The molecule has 0 radical (unpaired) electrons. The number of benzene rings is 2. The van der Waals surface area contributed by atoms with Gasteiger partial charge in [-0.3, -0.25) is 14.5 Å².